The smallest absolute Gasteiger partial charge is 0.164 e. The fourth-order valence-electron chi connectivity index (χ4n) is 12.6. The van der Waals surface area contributed by atoms with E-state index in [1.807, 2.05) is 0 Å². The lowest BCUT2D eigenvalue weighted by atomic mass is 9.68. The summed E-state index contributed by atoms with van der Waals surface area (Å²) in [6, 6.07) is 39.4. The van der Waals surface area contributed by atoms with Gasteiger partial charge < -0.3 is 0 Å². The predicted octanol–water partition coefficient (Wildman–Crippen LogP) is 15.5. The lowest BCUT2D eigenvalue weighted by Crippen LogP contribution is -2.27. The number of hydrogen-bond donors (Lipinski definition) is 0. The Balaban J connectivity index is 1.02. The average Bonchev–Trinajstić information content (AvgIpc) is 3.89. The molecule has 5 aromatic carbocycles. The van der Waals surface area contributed by atoms with Gasteiger partial charge in [-0.25, -0.2) is 15.0 Å². The monoisotopic (exact) mass is 857 g/mol. The van der Waals surface area contributed by atoms with Crippen LogP contribution in [0.3, 0.4) is 0 Å². The van der Waals surface area contributed by atoms with Crippen molar-refractivity contribution in [2.45, 2.75) is 84.5 Å². The SMILES string of the molecule is CC(C)(C)c1ccc2c(c1)C1(c3cc(C(C)(C)C)ccc3-2)c2ccccc2-c2c(-c3nc(C4=CCCC=C4)nc(-c4ccc(C5=CC6C(C=C5)C5C=CC=CC5C6(C)C)cc4)n3)cccc21. The van der Waals surface area contributed by atoms with Crippen LogP contribution in [0.1, 0.15) is 113 Å². The van der Waals surface area contributed by atoms with Crippen LogP contribution >= 0.6 is 0 Å². The third-order valence-electron chi connectivity index (χ3n) is 16.2. The van der Waals surface area contributed by atoms with Crippen molar-refractivity contribution in [1.29, 1.82) is 0 Å². The van der Waals surface area contributed by atoms with E-state index in [1.54, 1.807) is 0 Å². The van der Waals surface area contributed by atoms with E-state index in [1.165, 1.54) is 66.8 Å². The van der Waals surface area contributed by atoms with Gasteiger partial charge in [0.2, 0.25) is 0 Å². The Morgan fingerprint density at radius 3 is 1.82 bits per heavy atom. The lowest BCUT2D eigenvalue weighted by molar-refractivity contribution is 0.239. The molecule has 4 atom stereocenters. The number of benzene rings is 5. The van der Waals surface area contributed by atoms with Gasteiger partial charge in [-0.15, -0.1) is 0 Å². The van der Waals surface area contributed by atoms with Gasteiger partial charge in [0.05, 0.1) is 5.41 Å². The molecule has 326 valence electrons. The quantitative estimate of drug-likeness (QED) is 0.177. The van der Waals surface area contributed by atoms with E-state index in [-0.39, 0.29) is 16.2 Å². The minimum Gasteiger partial charge on any atom is -0.208 e. The normalized spacial score (nSPS) is 22.3. The maximum absolute atomic E-state index is 5.45. The summed E-state index contributed by atoms with van der Waals surface area (Å²) in [4.78, 5) is 16.1. The first-order valence-electron chi connectivity index (χ1n) is 24.3. The summed E-state index contributed by atoms with van der Waals surface area (Å²) in [5, 5.41) is 0. The molecule has 1 heterocycles. The number of hydrogen-bond acceptors (Lipinski definition) is 3. The lowest BCUT2D eigenvalue weighted by Gasteiger charge is -2.33. The largest absolute Gasteiger partial charge is 0.208 e. The van der Waals surface area contributed by atoms with Crippen LogP contribution in [-0.4, -0.2) is 15.0 Å². The molecule has 0 amide bonds. The Hall–Kier alpha value is -6.45. The third kappa shape index (κ3) is 6.04. The molecule has 1 fully saturated rings. The van der Waals surface area contributed by atoms with Gasteiger partial charge >= 0.3 is 0 Å². The molecule has 1 saturated carbocycles. The Labute approximate surface area is 391 Å². The Morgan fingerprint density at radius 1 is 0.500 bits per heavy atom. The van der Waals surface area contributed by atoms with Crippen molar-refractivity contribution in [3.63, 3.8) is 0 Å². The van der Waals surface area contributed by atoms with E-state index < -0.39 is 5.41 Å². The molecule has 0 aliphatic heterocycles. The Bertz CT molecular complexity index is 3140. The maximum Gasteiger partial charge on any atom is 0.164 e. The van der Waals surface area contributed by atoms with E-state index >= 15 is 0 Å². The van der Waals surface area contributed by atoms with Crippen LogP contribution in [-0.2, 0) is 16.2 Å². The standard InChI is InChI=1S/C63H59N3/c1-60(2,3)42-30-33-46-47-34-31-43(61(4,5)6)37-55(47)63(54(46)36-42)51-23-15-13-20-48(51)56-49(21-16-24-52(56)63)59-65-57(39-17-10-9-11-18-39)64-58(66-59)40-27-25-38(26-28-40)41-29-32-45-44-19-12-14-22-50(44)62(7,8)53(45)35-41/h10,12-37,44-45,50,53H,9,11H2,1-8H3. The fraction of sp³-hybridized carbons (Fsp3) is 0.286. The molecule has 3 nitrogen and oxygen atoms in total. The van der Waals surface area contributed by atoms with E-state index in [4.69, 9.17) is 15.0 Å². The topological polar surface area (TPSA) is 38.7 Å². The van der Waals surface area contributed by atoms with Gasteiger partial charge in [0.1, 0.15) is 0 Å². The number of allylic oxidation sites excluding steroid dienone is 12. The second kappa shape index (κ2) is 14.5. The Morgan fingerprint density at radius 2 is 1.12 bits per heavy atom. The molecule has 66 heavy (non-hydrogen) atoms. The van der Waals surface area contributed by atoms with Crippen LogP contribution in [0.25, 0.3) is 56.2 Å². The second-order valence-corrected chi connectivity index (χ2v) is 22.3. The molecule has 6 aliphatic carbocycles. The molecule has 0 bridgehead atoms. The molecule has 12 rings (SSSR count). The van der Waals surface area contributed by atoms with Gasteiger partial charge in [0.15, 0.2) is 17.5 Å². The van der Waals surface area contributed by atoms with Gasteiger partial charge in [-0.3, -0.25) is 0 Å². The first-order chi connectivity index (χ1) is 31.7. The fourth-order valence-corrected chi connectivity index (χ4v) is 12.6. The third-order valence-corrected chi connectivity index (χ3v) is 16.2. The van der Waals surface area contributed by atoms with Crippen molar-refractivity contribution in [3.05, 3.63) is 209 Å². The first-order valence-corrected chi connectivity index (χ1v) is 24.3. The number of aromatic nitrogens is 3. The molecule has 0 saturated heterocycles. The first kappa shape index (κ1) is 41.0. The summed E-state index contributed by atoms with van der Waals surface area (Å²) in [7, 11) is 0. The second-order valence-electron chi connectivity index (χ2n) is 22.3. The summed E-state index contributed by atoms with van der Waals surface area (Å²) >= 11 is 0. The van der Waals surface area contributed by atoms with Crippen LogP contribution < -0.4 is 0 Å². The zero-order valence-electron chi connectivity index (χ0n) is 39.7. The van der Waals surface area contributed by atoms with E-state index in [9.17, 15) is 0 Å². The van der Waals surface area contributed by atoms with Crippen LogP contribution in [0.5, 0.6) is 0 Å². The summed E-state index contributed by atoms with van der Waals surface area (Å²) in [6.07, 6.45) is 25.4. The number of fused-ring (bicyclic) bond motifs is 13. The van der Waals surface area contributed by atoms with Crippen molar-refractivity contribution in [2.75, 3.05) is 0 Å². The van der Waals surface area contributed by atoms with Crippen molar-refractivity contribution >= 4 is 11.1 Å². The van der Waals surface area contributed by atoms with E-state index in [0.717, 1.165) is 29.5 Å². The van der Waals surface area contributed by atoms with E-state index in [2.05, 4.69) is 219 Å². The van der Waals surface area contributed by atoms with Crippen molar-refractivity contribution < 1.29 is 0 Å². The number of nitrogens with zero attached hydrogens (tertiary/aromatic N) is 3. The van der Waals surface area contributed by atoms with Gasteiger partial charge in [-0.2, -0.15) is 0 Å². The predicted molar refractivity (Wildman–Crippen MR) is 274 cm³/mol. The maximum atomic E-state index is 5.45. The van der Waals surface area contributed by atoms with Gasteiger partial charge in [0, 0.05) is 16.7 Å². The highest BCUT2D eigenvalue weighted by molar-refractivity contribution is 5.99. The molecule has 0 N–H and O–H groups in total. The molecule has 6 aromatic rings. The van der Waals surface area contributed by atoms with Crippen LogP contribution in [0.15, 0.2) is 164 Å². The molecule has 1 spiro atoms. The Kier molecular flexibility index (Phi) is 9.03. The van der Waals surface area contributed by atoms with Crippen molar-refractivity contribution in [3.8, 4) is 45.0 Å². The molecular weight excluding hydrogens is 799 g/mol. The van der Waals surface area contributed by atoms with Crippen molar-refractivity contribution in [2.24, 2.45) is 29.1 Å². The summed E-state index contributed by atoms with van der Waals surface area (Å²) in [6.45, 7) is 18.9. The van der Waals surface area contributed by atoms with Gasteiger partial charge in [0.25, 0.3) is 0 Å². The van der Waals surface area contributed by atoms with Gasteiger partial charge in [-0.05, 0) is 120 Å². The van der Waals surface area contributed by atoms with Crippen LogP contribution in [0, 0.1) is 29.1 Å². The molecule has 4 unspecified atom stereocenters. The molecule has 6 aliphatic rings. The molecular formula is C63H59N3. The molecule has 1 aromatic heterocycles. The molecule has 3 heteroatoms. The average molecular weight is 858 g/mol. The minimum atomic E-state index is -0.514. The summed E-state index contributed by atoms with van der Waals surface area (Å²) < 4.78 is 0. The highest BCUT2D eigenvalue weighted by atomic mass is 15.0. The minimum absolute atomic E-state index is 0.0171. The molecule has 0 radical (unpaired) electrons. The number of rotatable bonds is 4. The van der Waals surface area contributed by atoms with Crippen molar-refractivity contribution in [1.82, 2.24) is 15.0 Å². The van der Waals surface area contributed by atoms with Crippen LogP contribution in [0.2, 0.25) is 0 Å². The summed E-state index contributed by atoms with van der Waals surface area (Å²) in [5.74, 6) is 4.23. The highest BCUT2D eigenvalue weighted by Crippen LogP contribution is 2.65. The van der Waals surface area contributed by atoms with Gasteiger partial charge in [-0.1, -0.05) is 219 Å². The van der Waals surface area contributed by atoms with E-state index in [0.29, 0.717) is 41.1 Å². The zero-order chi connectivity index (χ0) is 45.3. The van der Waals surface area contributed by atoms with Crippen LogP contribution in [0.4, 0.5) is 0 Å². The summed E-state index contributed by atoms with van der Waals surface area (Å²) in [5.41, 5.74) is 18.3. The zero-order valence-corrected chi connectivity index (χ0v) is 39.7. The highest BCUT2D eigenvalue weighted by Gasteiger charge is 2.54.